The molecule has 1 aromatic rings. The normalized spacial score (nSPS) is 12.8. The first kappa shape index (κ1) is 17.0. The maximum absolute atomic E-state index is 12.4. The van der Waals surface area contributed by atoms with Crippen LogP contribution >= 0.6 is 0 Å². The fraction of sp³-hybridized carbons (Fsp3) is 0.429. The molecule has 0 saturated heterocycles. The van der Waals surface area contributed by atoms with Gasteiger partial charge in [-0.05, 0) is 24.1 Å². The Kier molecular flexibility index (Phi) is 5.75. The minimum atomic E-state index is -4.38. The average molecular weight is 303 g/mol. The fourth-order valence-electron chi connectivity index (χ4n) is 1.74. The smallest absolute Gasteiger partial charge is 0.416 e. The van der Waals surface area contributed by atoms with Crippen LogP contribution in [0.4, 0.5) is 13.2 Å². The Morgan fingerprint density at radius 2 is 1.81 bits per heavy atom. The maximum Gasteiger partial charge on any atom is 0.416 e. The molecule has 1 aromatic carbocycles. The highest BCUT2D eigenvalue weighted by atomic mass is 19.4. The lowest BCUT2D eigenvalue weighted by atomic mass is 9.99. The van der Waals surface area contributed by atoms with Crippen molar-refractivity contribution in [2.24, 2.45) is 5.92 Å². The molecule has 0 fully saturated rings. The van der Waals surface area contributed by atoms with Gasteiger partial charge in [0.05, 0.1) is 12.0 Å². The molecule has 0 radical (unpaired) electrons. The summed E-state index contributed by atoms with van der Waals surface area (Å²) >= 11 is 0. The molecule has 0 saturated carbocycles. The second kappa shape index (κ2) is 7.10. The van der Waals surface area contributed by atoms with Crippen LogP contribution in [0, 0.1) is 5.92 Å². The zero-order valence-electron chi connectivity index (χ0n) is 11.4. The Bertz CT molecular complexity index is 497. The van der Waals surface area contributed by atoms with Crippen molar-refractivity contribution < 1.29 is 27.9 Å². The summed E-state index contributed by atoms with van der Waals surface area (Å²) in [7, 11) is 0. The number of carboxylic acids is 1. The Morgan fingerprint density at radius 1 is 1.24 bits per heavy atom. The summed E-state index contributed by atoms with van der Waals surface area (Å²) in [6, 6.07) is 4.63. The van der Waals surface area contributed by atoms with Gasteiger partial charge in [-0.1, -0.05) is 19.1 Å². The van der Waals surface area contributed by atoms with Crippen molar-refractivity contribution in [1.82, 2.24) is 5.32 Å². The van der Waals surface area contributed by atoms with E-state index in [1.807, 2.05) is 0 Å². The molecule has 116 valence electrons. The number of carbonyl (C=O) groups excluding carboxylic acids is 1. The van der Waals surface area contributed by atoms with Crippen molar-refractivity contribution in [3.05, 3.63) is 35.4 Å². The molecule has 4 nitrogen and oxygen atoms in total. The monoisotopic (exact) mass is 303 g/mol. The summed E-state index contributed by atoms with van der Waals surface area (Å²) < 4.78 is 37.2. The molecule has 1 amide bonds. The number of carbonyl (C=O) groups is 2. The van der Waals surface area contributed by atoms with Gasteiger partial charge in [0.1, 0.15) is 0 Å². The number of nitrogens with one attached hydrogen (secondary N) is 1. The zero-order valence-corrected chi connectivity index (χ0v) is 11.4. The molecular weight excluding hydrogens is 287 g/mol. The summed E-state index contributed by atoms with van der Waals surface area (Å²) in [4.78, 5) is 22.0. The van der Waals surface area contributed by atoms with Crippen molar-refractivity contribution in [2.75, 3.05) is 6.54 Å². The average Bonchev–Trinajstić information content (AvgIpc) is 2.37. The minimum absolute atomic E-state index is 0.0333. The second-order valence-electron chi connectivity index (χ2n) is 4.73. The molecule has 2 N–H and O–H groups in total. The molecule has 0 aliphatic carbocycles. The molecule has 0 aliphatic rings. The van der Waals surface area contributed by atoms with Gasteiger partial charge in [0.2, 0.25) is 5.91 Å². The number of aliphatic carboxylic acids is 1. The van der Waals surface area contributed by atoms with E-state index in [2.05, 4.69) is 5.32 Å². The molecular formula is C14H16F3NO3. The summed E-state index contributed by atoms with van der Waals surface area (Å²) in [6.45, 7) is 1.67. The van der Waals surface area contributed by atoms with Gasteiger partial charge in [-0.2, -0.15) is 13.2 Å². The van der Waals surface area contributed by atoms with Crippen molar-refractivity contribution in [3.8, 4) is 0 Å². The summed E-state index contributed by atoms with van der Waals surface area (Å²) in [6.07, 6.45) is -4.26. The molecule has 1 rings (SSSR count). The van der Waals surface area contributed by atoms with E-state index in [-0.39, 0.29) is 25.3 Å². The third-order valence-electron chi connectivity index (χ3n) is 2.91. The van der Waals surface area contributed by atoms with Crippen molar-refractivity contribution in [1.29, 1.82) is 0 Å². The molecule has 1 atom stereocenters. The van der Waals surface area contributed by atoms with Gasteiger partial charge in [0.15, 0.2) is 0 Å². The number of rotatable bonds is 6. The first-order valence-corrected chi connectivity index (χ1v) is 6.36. The van der Waals surface area contributed by atoms with E-state index in [4.69, 9.17) is 5.11 Å². The van der Waals surface area contributed by atoms with Crippen LogP contribution < -0.4 is 5.32 Å². The van der Waals surface area contributed by atoms with Gasteiger partial charge in [0, 0.05) is 12.5 Å². The Balaban J connectivity index is 2.52. The van der Waals surface area contributed by atoms with E-state index >= 15 is 0 Å². The van der Waals surface area contributed by atoms with E-state index in [0.29, 0.717) is 5.56 Å². The highest BCUT2D eigenvalue weighted by molar-refractivity contribution is 5.79. The molecule has 7 heteroatoms. The van der Waals surface area contributed by atoms with Crippen LogP contribution in [-0.4, -0.2) is 23.5 Å². The van der Waals surface area contributed by atoms with Gasteiger partial charge in [-0.15, -0.1) is 0 Å². The third-order valence-corrected chi connectivity index (χ3v) is 2.91. The van der Waals surface area contributed by atoms with Crippen molar-refractivity contribution >= 4 is 11.9 Å². The summed E-state index contributed by atoms with van der Waals surface area (Å²) in [5, 5.41) is 10.9. The van der Waals surface area contributed by atoms with Crippen LogP contribution in [0.5, 0.6) is 0 Å². The van der Waals surface area contributed by atoms with Gasteiger partial charge in [-0.25, -0.2) is 0 Å². The predicted molar refractivity (Wildman–Crippen MR) is 69.6 cm³/mol. The van der Waals surface area contributed by atoms with E-state index < -0.39 is 23.6 Å². The molecule has 0 spiro atoms. The standard InChI is InChI=1S/C14H16F3NO3/c1-9(13(21)18-7-6-12(19)20)8-10-2-4-11(5-3-10)14(15,16)17/h2-5,9H,6-8H2,1H3,(H,18,21)(H,19,20). The number of carboxylic acid groups (broad SMARTS) is 1. The van der Waals surface area contributed by atoms with Gasteiger partial charge in [-0.3, -0.25) is 9.59 Å². The molecule has 21 heavy (non-hydrogen) atoms. The number of halogens is 3. The quantitative estimate of drug-likeness (QED) is 0.848. The van der Waals surface area contributed by atoms with E-state index in [9.17, 15) is 22.8 Å². The minimum Gasteiger partial charge on any atom is -0.481 e. The van der Waals surface area contributed by atoms with Crippen molar-refractivity contribution in [2.45, 2.75) is 25.9 Å². The Morgan fingerprint density at radius 3 is 2.29 bits per heavy atom. The largest absolute Gasteiger partial charge is 0.481 e. The van der Waals surface area contributed by atoms with Crippen LogP contribution in [0.25, 0.3) is 0 Å². The topological polar surface area (TPSA) is 66.4 Å². The highest BCUT2D eigenvalue weighted by Crippen LogP contribution is 2.29. The molecule has 0 aromatic heterocycles. The van der Waals surface area contributed by atoms with Gasteiger partial charge >= 0.3 is 12.1 Å². The van der Waals surface area contributed by atoms with Crippen LogP contribution in [0.1, 0.15) is 24.5 Å². The van der Waals surface area contributed by atoms with Crippen LogP contribution in [0.3, 0.4) is 0 Å². The number of hydrogen-bond donors (Lipinski definition) is 2. The van der Waals surface area contributed by atoms with Crippen LogP contribution in [0.2, 0.25) is 0 Å². The van der Waals surface area contributed by atoms with E-state index in [0.717, 1.165) is 12.1 Å². The first-order chi connectivity index (χ1) is 9.70. The lowest BCUT2D eigenvalue weighted by Crippen LogP contribution is -2.32. The summed E-state index contributed by atoms with van der Waals surface area (Å²) in [5.74, 6) is -1.78. The number of alkyl halides is 3. The maximum atomic E-state index is 12.4. The van der Waals surface area contributed by atoms with Gasteiger partial charge < -0.3 is 10.4 Å². The van der Waals surface area contributed by atoms with Crippen molar-refractivity contribution in [3.63, 3.8) is 0 Å². The summed E-state index contributed by atoms with van der Waals surface area (Å²) in [5.41, 5.74) is -0.117. The molecule has 1 unspecified atom stereocenters. The van der Waals surface area contributed by atoms with Crippen LogP contribution in [0.15, 0.2) is 24.3 Å². The number of amides is 1. The lowest BCUT2D eigenvalue weighted by Gasteiger charge is -2.12. The van der Waals surface area contributed by atoms with E-state index in [1.165, 1.54) is 12.1 Å². The zero-order chi connectivity index (χ0) is 16.0. The second-order valence-corrected chi connectivity index (χ2v) is 4.73. The van der Waals surface area contributed by atoms with Gasteiger partial charge in [0.25, 0.3) is 0 Å². The SMILES string of the molecule is CC(Cc1ccc(C(F)(F)F)cc1)C(=O)NCCC(=O)O. The number of benzene rings is 1. The lowest BCUT2D eigenvalue weighted by molar-refractivity contribution is -0.138. The Hall–Kier alpha value is -2.05. The molecule has 0 aliphatic heterocycles. The van der Waals surface area contributed by atoms with Crippen LogP contribution in [-0.2, 0) is 22.2 Å². The van der Waals surface area contributed by atoms with E-state index in [1.54, 1.807) is 6.92 Å². The Labute approximate surface area is 120 Å². The molecule has 0 bridgehead atoms. The third kappa shape index (κ3) is 5.85. The highest BCUT2D eigenvalue weighted by Gasteiger charge is 2.30. The molecule has 0 heterocycles. The predicted octanol–water partition coefficient (Wildman–Crippen LogP) is 2.47. The number of hydrogen-bond acceptors (Lipinski definition) is 2. The fourth-order valence-corrected chi connectivity index (χ4v) is 1.74. The first-order valence-electron chi connectivity index (χ1n) is 6.36.